The Morgan fingerprint density at radius 2 is 0.741 bits per heavy atom. The first kappa shape index (κ1) is 50.7. The van der Waals surface area contributed by atoms with Gasteiger partial charge in [-0.2, -0.15) is 0 Å². The second kappa shape index (κ2) is 34.2. The molecule has 0 heterocycles. The average molecular weight is 789 g/mol. The van der Waals surface area contributed by atoms with E-state index in [1.165, 1.54) is 64.2 Å². The van der Waals surface area contributed by atoms with Crippen LogP contribution in [0.3, 0.4) is 0 Å². The third-order valence-corrected chi connectivity index (χ3v) is 9.77. The number of carboxylic acids is 4. The van der Waals surface area contributed by atoms with Gasteiger partial charge in [-0.3, -0.25) is 29.1 Å². The Hall–Kier alpha value is -3.32. The molecule has 8 N–H and O–H groups in total. The predicted octanol–water partition coefficient (Wildman–Crippen LogP) is 5.69. The predicted molar refractivity (Wildman–Crippen MR) is 209 cm³/mol. The van der Waals surface area contributed by atoms with Gasteiger partial charge < -0.3 is 36.4 Å². The second-order valence-corrected chi connectivity index (χ2v) is 14.5. The Morgan fingerprint density at radius 1 is 0.389 bits per heavy atom. The lowest BCUT2D eigenvalue weighted by molar-refractivity contribution is -0.143. The normalized spacial score (nSPS) is 12.7. The van der Waals surface area contributed by atoms with Crippen LogP contribution in [0.2, 0.25) is 0 Å². The van der Waals surface area contributed by atoms with Gasteiger partial charge in [0.05, 0.1) is 0 Å². The summed E-state index contributed by atoms with van der Waals surface area (Å²) in [5, 5.41) is 46.7. The van der Waals surface area contributed by atoms with Crippen molar-refractivity contribution in [1.29, 1.82) is 0 Å². The van der Waals surface area contributed by atoms with Crippen LogP contribution in [0.25, 0.3) is 0 Å². The summed E-state index contributed by atoms with van der Waals surface area (Å²) in [6.07, 6.45) is 21.3. The van der Waals surface area contributed by atoms with Gasteiger partial charge in [-0.15, -0.1) is 0 Å². The lowest BCUT2D eigenvalue weighted by Crippen LogP contribution is -2.44. The highest BCUT2D eigenvalue weighted by molar-refractivity contribution is 7.13. The molecule has 0 aliphatic rings. The highest BCUT2D eigenvalue weighted by Gasteiger charge is 2.24. The largest absolute Gasteiger partial charge is 0.481 e. The molecule has 0 aromatic heterocycles. The van der Waals surface area contributed by atoms with Crippen LogP contribution in [0.4, 0.5) is 0 Å². The number of amides is 3. The summed E-state index contributed by atoms with van der Waals surface area (Å²) in [5.41, 5.74) is 0. The fourth-order valence-corrected chi connectivity index (χ4v) is 6.37. The van der Waals surface area contributed by atoms with Crippen molar-refractivity contribution in [3.8, 4) is 0 Å². The molecule has 54 heavy (non-hydrogen) atoms. The number of carbonyl (C=O) groups excluding carboxylic acids is 3. The van der Waals surface area contributed by atoms with Crippen molar-refractivity contribution in [1.82, 2.24) is 21.0 Å². The molecule has 0 aliphatic heterocycles. The van der Waals surface area contributed by atoms with Gasteiger partial charge in [0, 0.05) is 32.2 Å². The highest BCUT2D eigenvalue weighted by atomic mass is 31.0. The number of carboxylic acid groups (broad SMARTS) is 4. The molecule has 0 saturated carbocycles. The van der Waals surface area contributed by atoms with Crippen molar-refractivity contribution < 1.29 is 54.0 Å². The van der Waals surface area contributed by atoms with Crippen molar-refractivity contribution in [2.75, 3.05) is 6.54 Å². The third kappa shape index (κ3) is 31.1. The summed E-state index contributed by atoms with van der Waals surface area (Å²) < 4.78 is 0. The summed E-state index contributed by atoms with van der Waals surface area (Å²) in [5.74, 6) is -5.83. The van der Waals surface area contributed by atoms with Gasteiger partial charge in [0.1, 0.15) is 18.1 Å². The summed E-state index contributed by atoms with van der Waals surface area (Å²) in [7, 11) is 2.16. The average Bonchev–Trinajstić information content (AvgIpc) is 3.11. The smallest absolute Gasteiger partial charge is 0.326 e. The Kier molecular flexibility index (Phi) is 32.1. The minimum atomic E-state index is -1.35. The molecule has 0 saturated heterocycles. The quantitative estimate of drug-likeness (QED) is 0.0278. The summed E-state index contributed by atoms with van der Waals surface area (Å²) >= 11 is 0. The second-order valence-electron chi connectivity index (χ2n) is 14.2. The maximum Gasteiger partial charge on any atom is 0.326 e. The molecule has 0 aromatic carbocycles. The minimum Gasteiger partial charge on any atom is -0.481 e. The molecule has 1 unspecified atom stereocenters. The van der Waals surface area contributed by atoms with Gasteiger partial charge in [0.25, 0.3) is 0 Å². The zero-order valence-electron chi connectivity index (χ0n) is 32.3. The first-order valence-electron chi connectivity index (χ1n) is 20.1. The van der Waals surface area contributed by atoms with Crippen molar-refractivity contribution in [3.63, 3.8) is 0 Å². The molecule has 312 valence electrons. The van der Waals surface area contributed by atoms with Crippen LogP contribution in [0.15, 0.2) is 0 Å². The number of carbonyl (C=O) groups is 7. The van der Waals surface area contributed by atoms with E-state index in [-0.39, 0.29) is 38.5 Å². The molecule has 16 heteroatoms. The van der Waals surface area contributed by atoms with E-state index in [0.29, 0.717) is 32.2 Å². The number of unbranched alkanes of at least 4 members (excludes halogenated alkanes) is 18. The van der Waals surface area contributed by atoms with E-state index in [0.717, 1.165) is 44.9 Å². The van der Waals surface area contributed by atoms with Gasteiger partial charge >= 0.3 is 23.9 Å². The van der Waals surface area contributed by atoms with E-state index < -0.39 is 59.7 Å². The molecule has 0 aromatic rings. The topological polar surface area (TPSA) is 249 Å². The van der Waals surface area contributed by atoms with Crippen LogP contribution in [0.5, 0.6) is 0 Å². The summed E-state index contributed by atoms with van der Waals surface area (Å²) in [4.78, 5) is 81.7. The molecule has 0 bridgehead atoms. The molecule has 15 nitrogen and oxygen atoms in total. The van der Waals surface area contributed by atoms with E-state index in [9.17, 15) is 43.8 Å². The lowest BCUT2D eigenvalue weighted by Gasteiger charge is -2.17. The first-order chi connectivity index (χ1) is 25.9. The van der Waals surface area contributed by atoms with Crippen molar-refractivity contribution >= 4 is 51.0 Å². The van der Waals surface area contributed by atoms with Gasteiger partial charge in [-0.25, -0.2) is 9.59 Å². The number of nitrogens with one attached hydrogen (secondary N) is 4. The monoisotopic (exact) mass is 788 g/mol. The molecule has 0 spiro atoms. The maximum atomic E-state index is 12.4. The molecular weight excluding hydrogens is 719 g/mol. The van der Waals surface area contributed by atoms with Crippen LogP contribution in [-0.4, -0.2) is 86.7 Å². The van der Waals surface area contributed by atoms with Crippen LogP contribution >= 0.6 is 9.39 Å². The Morgan fingerprint density at radius 3 is 1.11 bits per heavy atom. The zero-order valence-corrected chi connectivity index (χ0v) is 33.4. The fourth-order valence-electron chi connectivity index (χ4n) is 6.06. The maximum absolute atomic E-state index is 12.4. The Labute approximate surface area is 323 Å². The number of hydrogen-bond donors (Lipinski definition) is 8. The molecule has 4 atom stereocenters. The first-order valence-corrected chi connectivity index (χ1v) is 20.7. The van der Waals surface area contributed by atoms with E-state index in [1.54, 1.807) is 0 Å². The van der Waals surface area contributed by atoms with E-state index >= 15 is 0 Å². The molecule has 0 rings (SSSR count). The van der Waals surface area contributed by atoms with E-state index in [4.69, 9.17) is 10.2 Å². The van der Waals surface area contributed by atoms with E-state index in [2.05, 4.69) is 30.4 Å². The van der Waals surface area contributed by atoms with E-state index in [1.807, 2.05) is 0 Å². The number of aliphatic carboxylic acids is 4. The summed E-state index contributed by atoms with van der Waals surface area (Å²) in [6.45, 7) is 0.292. The van der Waals surface area contributed by atoms with Crippen LogP contribution in [-0.2, 0) is 33.6 Å². The van der Waals surface area contributed by atoms with Gasteiger partial charge in [-0.05, 0) is 44.9 Å². The fraction of sp³-hybridized carbons (Fsp3) is 0.816. The van der Waals surface area contributed by atoms with Crippen molar-refractivity contribution in [2.45, 2.75) is 191 Å². The van der Waals surface area contributed by atoms with Crippen LogP contribution in [0.1, 0.15) is 173 Å². The van der Waals surface area contributed by atoms with Crippen LogP contribution in [0, 0.1) is 0 Å². The van der Waals surface area contributed by atoms with Gasteiger partial charge in [-0.1, -0.05) is 112 Å². The summed E-state index contributed by atoms with van der Waals surface area (Å²) in [6, 6.07) is -3.34. The third-order valence-electron chi connectivity index (χ3n) is 9.37. The molecule has 0 aliphatic carbocycles. The van der Waals surface area contributed by atoms with Crippen LogP contribution < -0.4 is 21.0 Å². The number of hydrogen-bond acceptors (Lipinski definition) is 8. The standard InChI is InChI=1S/C38H69N4O11P/c43-32(39-28-20-19-21-31(42-54)38(52)53)26-24-29(36(48)49)41-34(45)27-25-30(37(50)51)40-33(44)22-17-15-13-11-9-7-5-3-1-2-4-6-8-10-12-14-16-18-23-35(46)47/h29-31,42H,1-28,54H2,(H,39,43)(H,40,44)(H,41,45)(H,46,47)(H,48,49)(H,50,51)(H,52,53)/t29-,30-,31-/m0/s1. The molecular formula is C38H69N4O11P. The zero-order chi connectivity index (χ0) is 40.4. The Bertz CT molecular complexity index is 1100. The lowest BCUT2D eigenvalue weighted by atomic mass is 10.0. The molecule has 0 fully saturated rings. The van der Waals surface area contributed by atoms with Gasteiger partial charge in [0.2, 0.25) is 17.7 Å². The van der Waals surface area contributed by atoms with Crippen molar-refractivity contribution in [2.24, 2.45) is 0 Å². The SMILES string of the molecule is O=C(O)CCCCCCCCCCCCCCCCCCCCC(=O)N[C@@H](CCC(=O)N[C@@H](CCC(=O)NCCCC[C@H](NP)C(=O)O)C(=O)O)C(=O)O. The highest BCUT2D eigenvalue weighted by Crippen LogP contribution is 2.15. The van der Waals surface area contributed by atoms with Gasteiger partial charge in [0.15, 0.2) is 0 Å². The molecule has 3 amide bonds. The van der Waals surface area contributed by atoms with Crippen molar-refractivity contribution in [3.05, 3.63) is 0 Å². The number of rotatable bonds is 38. The molecule has 0 radical (unpaired) electrons. The Balaban J connectivity index is 3.98. The minimum absolute atomic E-state index is 0.167.